The van der Waals surface area contributed by atoms with Crippen LogP contribution in [0.4, 0.5) is 0 Å². The fraction of sp³-hybridized carbons (Fsp3) is 0.304. The average molecular weight is 375 g/mol. The fourth-order valence-electron chi connectivity index (χ4n) is 3.21. The number of nitrogens with zero attached hydrogens (tertiary/aromatic N) is 2. The van der Waals surface area contributed by atoms with Crippen LogP contribution in [0.1, 0.15) is 45.9 Å². The Morgan fingerprint density at radius 3 is 2.54 bits per heavy atom. The molecule has 0 saturated heterocycles. The van der Waals surface area contributed by atoms with E-state index in [0.717, 1.165) is 12.1 Å². The van der Waals surface area contributed by atoms with Gasteiger partial charge in [0.05, 0.1) is 6.54 Å². The number of oxazole rings is 1. The number of carbonyl (C=O) groups excluding carboxylic acids is 1. The molecule has 0 radical (unpaired) electrons. The van der Waals surface area contributed by atoms with Crippen molar-refractivity contribution in [2.75, 3.05) is 0 Å². The Kier molecular flexibility index (Phi) is 5.53. The van der Waals surface area contributed by atoms with Crippen LogP contribution in [0.3, 0.4) is 0 Å². The number of amides is 1. The third-order valence-corrected chi connectivity index (χ3v) is 4.99. The number of rotatable bonds is 8. The minimum Gasteiger partial charge on any atom is -0.447 e. The van der Waals surface area contributed by atoms with Crippen molar-refractivity contribution in [2.45, 2.75) is 45.4 Å². The van der Waals surface area contributed by atoms with E-state index in [4.69, 9.17) is 4.42 Å². The van der Waals surface area contributed by atoms with E-state index in [2.05, 4.69) is 46.4 Å². The second-order valence-electron chi connectivity index (χ2n) is 7.42. The lowest BCUT2D eigenvalue weighted by molar-refractivity contribution is 0.0945. The summed E-state index contributed by atoms with van der Waals surface area (Å²) >= 11 is 0. The summed E-state index contributed by atoms with van der Waals surface area (Å²) in [7, 11) is 0. The normalized spacial score (nSPS) is 13.6. The Hall–Kier alpha value is -2.92. The first kappa shape index (κ1) is 18.4. The zero-order valence-corrected chi connectivity index (χ0v) is 16.1. The lowest BCUT2D eigenvalue weighted by Gasteiger charge is -2.20. The summed E-state index contributed by atoms with van der Waals surface area (Å²) < 4.78 is 5.59. The molecule has 144 valence electrons. The molecule has 1 N–H and O–H groups in total. The molecule has 1 saturated carbocycles. The molecule has 1 aliphatic rings. The van der Waals surface area contributed by atoms with Crippen molar-refractivity contribution < 1.29 is 9.21 Å². The van der Waals surface area contributed by atoms with Crippen molar-refractivity contribution in [2.24, 2.45) is 0 Å². The van der Waals surface area contributed by atoms with E-state index >= 15 is 0 Å². The number of carbonyl (C=O) groups is 1. The van der Waals surface area contributed by atoms with E-state index in [9.17, 15) is 4.79 Å². The number of hydrogen-bond acceptors (Lipinski definition) is 4. The predicted molar refractivity (Wildman–Crippen MR) is 108 cm³/mol. The summed E-state index contributed by atoms with van der Waals surface area (Å²) in [5.74, 6) is 0.374. The van der Waals surface area contributed by atoms with Crippen LogP contribution in [0.25, 0.3) is 0 Å². The monoisotopic (exact) mass is 375 g/mol. The second kappa shape index (κ2) is 8.40. The summed E-state index contributed by atoms with van der Waals surface area (Å²) in [6.45, 7) is 4.05. The van der Waals surface area contributed by atoms with Gasteiger partial charge in [0.2, 0.25) is 5.89 Å². The Labute approximate surface area is 165 Å². The maximum absolute atomic E-state index is 12.3. The molecular formula is C23H25N3O2. The van der Waals surface area contributed by atoms with Crippen molar-refractivity contribution in [1.82, 2.24) is 15.2 Å². The number of hydrogen-bond donors (Lipinski definition) is 1. The number of aryl methyl sites for hydroxylation is 1. The van der Waals surface area contributed by atoms with E-state index in [1.54, 1.807) is 0 Å². The van der Waals surface area contributed by atoms with Gasteiger partial charge in [-0.2, -0.15) is 0 Å². The molecule has 5 heteroatoms. The molecule has 1 amide bonds. The van der Waals surface area contributed by atoms with Crippen LogP contribution in [0.5, 0.6) is 0 Å². The van der Waals surface area contributed by atoms with Gasteiger partial charge >= 0.3 is 0 Å². The SMILES string of the molecule is Cc1ccc(CN(Cc2nc(C(=O)NCc3ccccc3)co2)C2CC2)cc1. The van der Waals surface area contributed by atoms with Crippen LogP contribution >= 0.6 is 0 Å². The molecule has 0 atom stereocenters. The van der Waals surface area contributed by atoms with E-state index in [1.165, 1.54) is 30.2 Å². The van der Waals surface area contributed by atoms with Gasteiger partial charge in [0.1, 0.15) is 6.26 Å². The smallest absolute Gasteiger partial charge is 0.273 e. The maximum Gasteiger partial charge on any atom is 0.273 e. The molecule has 5 nitrogen and oxygen atoms in total. The molecule has 1 aromatic heterocycles. The van der Waals surface area contributed by atoms with Crippen molar-refractivity contribution in [3.8, 4) is 0 Å². The van der Waals surface area contributed by atoms with Crippen molar-refractivity contribution in [3.63, 3.8) is 0 Å². The average Bonchev–Trinajstić information content (AvgIpc) is 3.47. The molecule has 1 heterocycles. The van der Waals surface area contributed by atoms with Gasteiger partial charge < -0.3 is 9.73 Å². The minimum absolute atomic E-state index is 0.213. The topological polar surface area (TPSA) is 58.4 Å². The summed E-state index contributed by atoms with van der Waals surface area (Å²) in [6.07, 6.45) is 3.86. The molecule has 1 fully saturated rings. The highest BCUT2D eigenvalue weighted by molar-refractivity contribution is 5.91. The van der Waals surface area contributed by atoms with E-state index in [1.807, 2.05) is 30.3 Å². The molecule has 0 aliphatic heterocycles. The lowest BCUT2D eigenvalue weighted by atomic mass is 10.1. The highest BCUT2D eigenvalue weighted by Gasteiger charge is 2.30. The Balaban J connectivity index is 1.35. The largest absolute Gasteiger partial charge is 0.447 e. The fourth-order valence-corrected chi connectivity index (χ4v) is 3.21. The van der Waals surface area contributed by atoms with E-state index in [-0.39, 0.29) is 5.91 Å². The summed E-state index contributed by atoms with van der Waals surface area (Å²) in [5.41, 5.74) is 3.93. The standard InChI is InChI=1S/C23H25N3O2/c1-17-7-9-19(10-8-17)14-26(20-11-12-20)15-22-25-21(16-28-22)23(27)24-13-18-5-3-2-4-6-18/h2-10,16,20H,11-15H2,1H3,(H,24,27). The Bertz CT molecular complexity index is 915. The van der Waals surface area contributed by atoms with Crippen molar-refractivity contribution in [1.29, 1.82) is 0 Å². The first-order valence-corrected chi connectivity index (χ1v) is 9.73. The molecule has 28 heavy (non-hydrogen) atoms. The third kappa shape index (κ3) is 4.87. The summed E-state index contributed by atoms with van der Waals surface area (Å²) in [5, 5.41) is 2.89. The minimum atomic E-state index is -0.213. The van der Waals surface area contributed by atoms with Crippen molar-refractivity contribution >= 4 is 5.91 Å². The van der Waals surface area contributed by atoms with Crippen LogP contribution in [0.15, 0.2) is 65.3 Å². The molecule has 1 aliphatic carbocycles. The highest BCUT2D eigenvalue weighted by Crippen LogP contribution is 2.29. The summed E-state index contributed by atoms with van der Waals surface area (Å²) in [6, 6.07) is 19.0. The van der Waals surface area contributed by atoms with Crippen LogP contribution < -0.4 is 5.32 Å². The van der Waals surface area contributed by atoms with E-state index < -0.39 is 0 Å². The van der Waals surface area contributed by atoms with Gasteiger partial charge in [-0.3, -0.25) is 9.69 Å². The Morgan fingerprint density at radius 1 is 1.07 bits per heavy atom. The quantitative estimate of drug-likeness (QED) is 0.645. The van der Waals surface area contributed by atoms with Gasteiger partial charge in [-0.25, -0.2) is 4.98 Å². The van der Waals surface area contributed by atoms with Crippen LogP contribution in [0.2, 0.25) is 0 Å². The Morgan fingerprint density at radius 2 is 1.82 bits per heavy atom. The number of aromatic nitrogens is 1. The zero-order chi connectivity index (χ0) is 19.3. The van der Waals surface area contributed by atoms with Crippen LogP contribution in [-0.4, -0.2) is 21.8 Å². The molecule has 0 unspecified atom stereocenters. The first-order chi connectivity index (χ1) is 13.7. The van der Waals surface area contributed by atoms with Gasteiger partial charge in [0.25, 0.3) is 5.91 Å². The molecule has 4 rings (SSSR count). The van der Waals surface area contributed by atoms with E-state index in [0.29, 0.717) is 30.7 Å². The lowest BCUT2D eigenvalue weighted by Crippen LogP contribution is -2.26. The molecule has 0 spiro atoms. The van der Waals surface area contributed by atoms with Gasteiger partial charge in [0, 0.05) is 19.1 Å². The van der Waals surface area contributed by atoms with Gasteiger partial charge in [-0.15, -0.1) is 0 Å². The molecular weight excluding hydrogens is 350 g/mol. The molecule has 2 aromatic carbocycles. The highest BCUT2D eigenvalue weighted by atomic mass is 16.3. The van der Waals surface area contributed by atoms with Gasteiger partial charge in [-0.1, -0.05) is 60.2 Å². The van der Waals surface area contributed by atoms with Crippen LogP contribution in [0, 0.1) is 6.92 Å². The first-order valence-electron chi connectivity index (χ1n) is 9.73. The van der Waals surface area contributed by atoms with Gasteiger partial charge in [-0.05, 0) is 30.9 Å². The van der Waals surface area contributed by atoms with Crippen LogP contribution in [-0.2, 0) is 19.6 Å². The zero-order valence-electron chi connectivity index (χ0n) is 16.1. The predicted octanol–water partition coefficient (Wildman–Crippen LogP) is 4.08. The maximum atomic E-state index is 12.3. The number of nitrogens with one attached hydrogen (secondary N) is 1. The molecule has 0 bridgehead atoms. The number of benzene rings is 2. The van der Waals surface area contributed by atoms with Gasteiger partial charge in [0.15, 0.2) is 5.69 Å². The summed E-state index contributed by atoms with van der Waals surface area (Å²) in [4.78, 5) is 19.1. The second-order valence-corrected chi connectivity index (χ2v) is 7.42. The third-order valence-electron chi connectivity index (χ3n) is 4.99. The van der Waals surface area contributed by atoms with Crippen molar-refractivity contribution in [3.05, 3.63) is 89.1 Å². The molecule has 3 aromatic rings.